The number of hydrogen-bond acceptors (Lipinski definition) is 4. The van der Waals surface area contributed by atoms with Crippen LogP contribution in [0, 0.1) is 0 Å². The molecule has 4 nitrogen and oxygen atoms in total. The number of ether oxygens (including phenoxy) is 1. The van der Waals surface area contributed by atoms with Crippen molar-refractivity contribution in [2.24, 2.45) is 5.73 Å². The second-order valence-electron chi connectivity index (χ2n) is 4.92. The number of hydrogen-bond donors (Lipinski definition) is 1. The fourth-order valence-corrected chi connectivity index (χ4v) is 2.91. The molecule has 2 rings (SSSR count). The van der Waals surface area contributed by atoms with Gasteiger partial charge >= 0.3 is 0 Å². The van der Waals surface area contributed by atoms with Crippen molar-refractivity contribution in [1.82, 2.24) is 0 Å². The quantitative estimate of drug-likeness (QED) is 0.884. The summed E-state index contributed by atoms with van der Waals surface area (Å²) in [6, 6.07) is 6.68. The lowest BCUT2D eigenvalue weighted by Gasteiger charge is -2.42. The molecule has 1 fully saturated rings. The van der Waals surface area contributed by atoms with Gasteiger partial charge in [-0.15, -0.1) is 0 Å². The van der Waals surface area contributed by atoms with Crippen molar-refractivity contribution in [3.05, 3.63) is 24.3 Å². The summed E-state index contributed by atoms with van der Waals surface area (Å²) in [6.07, 6.45) is 5.15. The van der Waals surface area contributed by atoms with Crippen LogP contribution in [0.4, 0.5) is 0 Å². The molecule has 100 valence electrons. The average molecular weight is 269 g/mol. The van der Waals surface area contributed by atoms with Crippen LogP contribution in [0.3, 0.4) is 0 Å². The molecule has 1 aliphatic carbocycles. The van der Waals surface area contributed by atoms with Crippen LogP contribution in [0.15, 0.2) is 29.2 Å². The Morgan fingerprint density at radius 2 is 2.11 bits per heavy atom. The summed E-state index contributed by atoms with van der Waals surface area (Å²) in [5.41, 5.74) is 5.43. The van der Waals surface area contributed by atoms with Crippen molar-refractivity contribution < 1.29 is 13.2 Å². The average Bonchev–Trinajstić information content (AvgIpc) is 2.25. The van der Waals surface area contributed by atoms with Gasteiger partial charge in [0.15, 0.2) is 9.84 Å². The molecule has 0 aromatic heterocycles. The molecule has 0 spiro atoms. The maximum atomic E-state index is 11.5. The summed E-state index contributed by atoms with van der Waals surface area (Å²) in [6.45, 7) is 0.589. The summed E-state index contributed by atoms with van der Waals surface area (Å²) in [4.78, 5) is 0.294. The van der Waals surface area contributed by atoms with Gasteiger partial charge in [-0.25, -0.2) is 8.42 Å². The Balaban J connectivity index is 2.19. The van der Waals surface area contributed by atoms with Crippen molar-refractivity contribution in [2.45, 2.75) is 36.2 Å². The summed E-state index contributed by atoms with van der Waals surface area (Å²) < 4.78 is 28.9. The van der Waals surface area contributed by atoms with Gasteiger partial charge in [-0.1, -0.05) is 6.07 Å². The molecule has 0 unspecified atom stereocenters. The van der Waals surface area contributed by atoms with E-state index in [4.69, 9.17) is 10.5 Å². The van der Waals surface area contributed by atoms with Gasteiger partial charge in [-0.3, -0.25) is 0 Å². The highest BCUT2D eigenvalue weighted by atomic mass is 32.2. The summed E-state index contributed by atoms with van der Waals surface area (Å²) >= 11 is 0. The zero-order valence-corrected chi connectivity index (χ0v) is 11.4. The van der Waals surface area contributed by atoms with Crippen molar-refractivity contribution in [1.29, 1.82) is 0 Å². The monoisotopic (exact) mass is 269 g/mol. The summed E-state index contributed by atoms with van der Waals surface area (Å²) in [5, 5.41) is 0. The van der Waals surface area contributed by atoms with Crippen molar-refractivity contribution in [2.75, 3.05) is 12.8 Å². The standard InChI is InChI=1S/C13H19NO3S/c1-18(15,16)12-5-2-4-11(10-12)17-13(8-9-14)6-3-7-13/h2,4-5,10H,3,6-9,14H2,1H3. The van der Waals surface area contributed by atoms with Gasteiger partial charge in [0.25, 0.3) is 0 Å². The molecule has 0 heterocycles. The molecular formula is C13H19NO3S. The number of rotatable bonds is 5. The Morgan fingerprint density at radius 3 is 2.61 bits per heavy atom. The molecule has 1 aromatic carbocycles. The largest absolute Gasteiger partial charge is 0.487 e. The van der Waals surface area contributed by atoms with Gasteiger partial charge < -0.3 is 10.5 Å². The number of sulfone groups is 1. The molecular weight excluding hydrogens is 250 g/mol. The first-order valence-electron chi connectivity index (χ1n) is 6.14. The molecule has 1 aliphatic rings. The first-order chi connectivity index (χ1) is 8.45. The van der Waals surface area contributed by atoms with Crippen LogP contribution in [0.1, 0.15) is 25.7 Å². The minimum atomic E-state index is -3.19. The lowest BCUT2D eigenvalue weighted by atomic mass is 9.77. The molecule has 1 aromatic rings. The third-order valence-corrected chi connectivity index (χ3v) is 4.54. The first kappa shape index (κ1) is 13.4. The molecule has 0 atom stereocenters. The van der Waals surface area contributed by atoms with Crippen LogP contribution in [-0.4, -0.2) is 26.8 Å². The second-order valence-corrected chi connectivity index (χ2v) is 6.94. The highest BCUT2D eigenvalue weighted by molar-refractivity contribution is 7.90. The Morgan fingerprint density at radius 1 is 1.39 bits per heavy atom. The molecule has 0 amide bonds. The van der Waals surface area contributed by atoms with Gasteiger partial charge in [-0.2, -0.15) is 0 Å². The van der Waals surface area contributed by atoms with E-state index in [1.807, 2.05) is 0 Å². The van der Waals surface area contributed by atoms with E-state index >= 15 is 0 Å². The van der Waals surface area contributed by atoms with Crippen molar-refractivity contribution >= 4 is 9.84 Å². The second kappa shape index (κ2) is 4.90. The summed E-state index contributed by atoms with van der Waals surface area (Å²) in [5.74, 6) is 0.617. The molecule has 0 aliphatic heterocycles. The van der Waals surface area contributed by atoms with Gasteiger partial charge in [0.1, 0.15) is 11.4 Å². The predicted molar refractivity (Wildman–Crippen MR) is 70.4 cm³/mol. The maximum Gasteiger partial charge on any atom is 0.175 e. The normalized spacial score (nSPS) is 18.1. The number of benzene rings is 1. The van der Waals surface area contributed by atoms with Crippen LogP contribution in [0.2, 0.25) is 0 Å². The SMILES string of the molecule is CS(=O)(=O)c1cccc(OC2(CCN)CCC2)c1. The van der Waals surface area contributed by atoms with E-state index < -0.39 is 9.84 Å². The molecule has 5 heteroatoms. The molecule has 0 radical (unpaired) electrons. The van der Waals surface area contributed by atoms with Crippen LogP contribution in [0.25, 0.3) is 0 Å². The Hall–Kier alpha value is -1.07. The van der Waals surface area contributed by atoms with E-state index in [1.54, 1.807) is 24.3 Å². The first-order valence-corrected chi connectivity index (χ1v) is 8.04. The maximum absolute atomic E-state index is 11.5. The Labute approximate surface area is 108 Å². The third kappa shape index (κ3) is 2.84. The third-order valence-electron chi connectivity index (χ3n) is 3.43. The minimum Gasteiger partial charge on any atom is -0.487 e. The van der Waals surface area contributed by atoms with Gasteiger partial charge in [0.2, 0.25) is 0 Å². The fourth-order valence-electron chi connectivity index (χ4n) is 2.26. The predicted octanol–water partition coefficient (Wildman–Crippen LogP) is 1.74. The molecule has 18 heavy (non-hydrogen) atoms. The Bertz CT molecular complexity index is 521. The molecule has 2 N–H and O–H groups in total. The fraction of sp³-hybridized carbons (Fsp3) is 0.538. The van der Waals surface area contributed by atoms with Gasteiger partial charge in [-0.05, 0) is 50.4 Å². The minimum absolute atomic E-state index is 0.176. The zero-order chi connectivity index (χ0) is 13.2. The van der Waals surface area contributed by atoms with Crippen LogP contribution in [-0.2, 0) is 9.84 Å². The smallest absolute Gasteiger partial charge is 0.175 e. The van der Waals surface area contributed by atoms with E-state index in [-0.39, 0.29) is 5.60 Å². The topological polar surface area (TPSA) is 69.4 Å². The van der Waals surface area contributed by atoms with E-state index in [1.165, 1.54) is 6.26 Å². The molecule has 1 saturated carbocycles. The van der Waals surface area contributed by atoms with Gasteiger partial charge in [0.05, 0.1) is 4.90 Å². The van der Waals surface area contributed by atoms with Crippen LogP contribution >= 0.6 is 0 Å². The lowest BCUT2D eigenvalue weighted by Crippen LogP contribution is -2.44. The van der Waals surface area contributed by atoms with E-state index in [2.05, 4.69) is 0 Å². The van der Waals surface area contributed by atoms with E-state index in [0.29, 0.717) is 17.2 Å². The lowest BCUT2D eigenvalue weighted by molar-refractivity contribution is -0.0126. The van der Waals surface area contributed by atoms with Gasteiger partial charge in [0, 0.05) is 6.26 Å². The Kier molecular flexibility index (Phi) is 3.64. The highest BCUT2D eigenvalue weighted by Crippen LogP contribution is 2.39. The molecule has 0 bridgehead atoms. The van der Waals surface area contributed by atoms with E-state index in [0.717, 1.165) is 25.7 Å². The van der Waals surface area contributed by atoms with Crippen LogP contribution < -0.4 is 10.5 Å². The highest BCUT2D eigenvalue weighted by Gasteiger charge is 2.38. The van der Waals surface area contributed by atoms with E-state index in [9.17, 15) is 8.42 Å². The molecule has 0 saturated heterocycles. The van der Waals surface area contributed by atoms with Crippen LogP contribution in [0.5, 0.6) is 5.75 Å². The van der Waals surface area contributed by atoms with Crippen molar-refractivity contribution in [3.8, 4) is 5.75 Å². The summed E-state index contributed by atoms with van der Waals surface area (Å²) in [7, 11) is -3.19. The number of nitrogens with two attached hydrogens (primary N) is 1. The van der Waals surface area contributed by atoms with Crippen molar-refractivity contribution in [3.63, 3.8) is 0 Å². The zero-order valence-electron chi connectivity index (χ0n) is 10.6.